The molecule has 3 rings (SSSR count). The van der Waals surface area contributed by atoms with Gasteiger partial charge in [0.25, 0.3) is 0 Å². The molecule has 0 N–H and O–H groups in total. The summed E-state index contributed by atoms with van der Waals surface area (Å²) in [7, 11) is 0. The highest BCUT2D eigenvalue weighted by Gasteiger charge is 2.17. The molecule has 0 fully saturated rings. The summed E-state index contributed by atoms with van der Waals surface area (Å²) < 4.78 is 6.65. The number of rotatable bonds is 2. The van der Waals surface area contributed by atoms with E-state index in [9.17, 15) is 10.1 Å². The van der Waals surface area contributed by atoms with E-state index in [0.717, 1.165) is 0 Å². The number of nitrogens with zero attached hydrogens (tertiary/aromatic N) is 5. The summed E-state index contributed by atoms with van der Waals surface area (Å²) in [5, 5.41) is 27.1. The molecule has 0 aliphatic rings. The van der Waals surface area contributed by atoms with E-state index >= 15 is 0 Å². The molecule has 0 aliphatic carbocycles. The molecule has 8 heteroatoms. The number of furan rings is 1. The molecule has 0 bridgehead atoms. The number of pyridine rings is 1. The van der Waals surface area contributed by atoms with Crippen molar-refractivity contribution in [1.82, 2.24) is 14.6 Å². The van der Waals surface area contributed by atoms with Gasteiger partial charge in [0.2, 0.25) is 5.82 Å². The van der Waals surface area contributed by atoms with Gasteiger partial charge in [0.05, 0.1) is 17.7 Å². The zero-order valence-corrected chi connectivity index (χ0v) is 9.35. The van der Waals surface area contributed by atoms with Gasteiger partial charge in [0.1, 0.15) is 4.92 Å². The summed E-state index contributed by atoms with van der Waals surface area (Å²) in [5.74, 6) is 0.219. The van der Waals surface area contributed by atoms with Crippen molar-refractivity contribution in [3.63, 3.8) is 0 Å². The molecular weight excluding hydrogens is 250 g/mol. The van der Waals surface area contributed by atoms with Crippen molar-refractivity contribution < 1.29 is 9.34 Å². The Kier molecular flexibility index (Phi) is 2.25. The zero-order chi connectivity index (χ0) is 13.4. The maximum Gasteiger partial charge on any atom is 0.433 e. The van der Waals surface area contributed by atoms with Gasteiger partial charge in [0.15, 0.2) is 11.4 Å². The largest absolute Gasteiger partial charge is 0.433 e. The van der Waals surface area contributed by atoms with Crippen LogP contribution in [-0.4, -0.2) is 19.5 Å². The molecule has 0 aromatic carbocycles. The smallest absolute Gasteiger partial charge is 0.397 e. The number of fused-ring (bicyclic) bond motifs is 1. The lowest BCUT2D eigenvalue weighted by Crippen LogP contribution is -1.88. The van der Waals surface area contributed by atoms with Crippen molar-refractivity contribution in [2.45, 2.75) is 0 Å². The monoisotopic (exact) mass is 255 g/mol. The van der Waals surface area contributed by atoms with Crippen LogP contribution in [0.15, 0.2) is 34.9 Å². The maximum atomic E-state index is 10.6. The highest BCUT2D eigenvalue weighted by molar-refractivity contribution is 5.56. The van der Waals surface area contributed by atoms with E-state index in [1.807, 2.05) is 6.07 Å². The van der Waals surface area contributed by atoms with E-state index in [0.29, 0.717) is 17.0 Å². The van der Waals surface area contributed by atoms with Crippen LogP contribution in [0.1, 0.15) is 5.56 Å². The zero-order valence-electron chi connectivity index (χ0n) is 9.35. The standard InChI is InChI=1S/C11H5N5O3/c12-6-7-3-4-15-9(5-7)13-14-11(15)8-1-2-10(19-8)16(17)18/h1-5H. The molecule has 0 unspecified atom stereocenters. The van der Waals surface area contributed by atoms with Crippen LogP contribution in [0.5, 0.6) is 0 Å². The Labute approximate surface area is 105 Å². The Hall–Kier alpha value is -3.21. The van der Waals surface area contributed by atoms with E-state index in [1.54, 1.807) is 22.7 Å². The van der Waals surface area contributed by atoms with Crippen molar-refractivity contribution in [3.05, 3.63) is 46.1 Å². The number of nitro groups is 1. The van der Waals surface area contributed by atoms with E-state index in [4.69, 9.17) is 9.68 Å². The summed E-state index contributed by atoms with van der Waals surface area (Å²) >= 11 is 0. The van der Waals surface area contributed by atoms with Gasteiger partial charge in [-0.15, -0.1) is 10.2 Å². The number of aromatic nitrogens is 3. The third kappa shape index (κ3) is 1.69. The Morgan fingerprint density at radius 1 is 1.37 bits per heavy atom. The molecule has 3 aromatic heterocycles. The lowest BCUT2D eigenvalue weighted by molar-refractivity contribution is -0.401. The average molecular weight is 255 g/mol. The molecule has 92 valence electrons. The normalized spacial score (nSPS) is 10.5. The summed E-state index contributed by atoms with van der Waals surface area (Å²) in [6.07, 6.45) is 1.61. The lowest BCUT2D eigenvalue weighted by Gasteiger charge is -1.95. The first-order valence-corrected chi connectivity index (χ1v) is 5.18. The van der Waals surface area contributed by atoms with E-state index in [2.05, 4.69) is 10.2 Å². The summed E-state index contributed by atoms with van der Waals surface area (Å²) in [5.41, 5.74) is 0.921. The fourth-order valence-corrected chi connectivity index (χ4v) is 1.67. The number of hydrogen-bond donors (Lipinski definition) is 0. The maximum absolute atomic E-state index is 10.6. The predicted octanol–water partition coefficient (Wildman–Crippen LogP) is 1.77. The van der Waals surface area contributed by atoms with Gasteiger partial charge in [-0.1, -0.05) is 0 Å². The number of hydrogen-bond acceptors (Lipinski definition) is 6. The lowest BCUT2D eigenvalue weighted by atomic mass is 10.3. The quantitative estimate of drug-likeness (QED) is 0.509. The molecule has 0 spiro atoms. The SMILES string of the molecule is N#Cc1ccn2c(-c3ccc([N+](=O)[O-])o3)nnc2c1. The van der Waals surface area contributed by atoms with Crippen LogP contribution in [0.3, 0.4) is 0 Å². The van der Waals surface area contributed by atoms with Gasteiger partial charge < -0.3 is 4.42 Å². The minimum Gasteiger partial charge on any atom is -0.397 e. The van der Waals surface area contributed by atoms with Crippen LogP contribution in [0.4, 0.5) is 5.88 Å². The van der Waals surface area contributed by atoms with Crippen LogP contribution in [0.2, 0.25) is 0 Å². The highest BCUT2D eigenvalue weighted by atomic mass is 16.6. The molecule has 0 radical (unpaired) electrons. The molecule has 0 atom stereocenters. The van der Waals surface area contributed by atoms with Gasteiger partial charge in [-0.05, 0) is 12.1 Å². The Morgan fingerprint density at radius 2 is 2.21 bits per heavy atom. The molecule has 0 amide bonds. The first-order chi connectivity index (χ1) is 9.19. The van der Waals surface area contributed by atoms with Crippen molar-refractivity contribution >= 4 is 11.5 Å². The van der Waals surface area contributed by atoms with Crippen molar-refractivity contribution in [3.8, 4) is 17.7 Å². The molecule has 3 aromatic rings. The highest BCUT2D eigenvalue weighted by Crippen LogP contribution is 2.25. The van der Waals surface area contributed by atoms with Crippen LogP contribution < -0.4 is 0 Å². The fourth-order valence-electron chi connectivity index (χ4n) is 1.67. The molecule has 3 heterocycles. The van der Waals surface area contributed by atoms with Gasteiger partial charge in [0, 0.05) is 12.3 Å². The first kappa shape index (κ1) is 10.9. The molecule has 0 saturated carbocycles. The van der Waals surface area contributed by atoms with E-state index < -0.39 is 4.92 Å². The predicted molar refractivity (Wildman–Crippen MR) is 62.1 cm³/mol. The molecule has 0 saturated heterocycles. The van der Waals surface area contributed by atoms with Gasteiger partial charge in [-0.25, -0.2) is 0 Å². The van der Waals surface area contributed by atoms with Crippen LogP contribution in [0, 0.1) is 21.4 Å². The van der Waals surface area contributed by atoms with Crippen LogP contribution >= 0.6 is 0 Å². The van der Waals surface area contributed by atoms with Crippen LogP contribution in [-0.2, 0) is 0 Å². The molecular formula is C11H5N5O3. The second-order valence-electron chi connectivity index (χ2n) is 3.67. The summed E-state index contributed by atoms with van der Waals surface area (Å²) in [6.45, 7) is 0. The molecule has 19 heavy (non-hydrogen) atoms. The summed E-state index contributed by atoms with van der Waals surface area (Å²) in [6, 6.07) is 7.85. The van der Waals surface area contributed by atoms with E-state index in [1.165, 1.54) is 12.1 Å². The molecule has 8 nitrogen and oxygen atoms in total. The summed E-state index contributed by atoms with van der Waals surface area (Å²) in [4.78, 5) is 9.94. The second kappa shape index (κ2) is 3.92. The fraction of sp³-hybridized carbons (Fsp3) is 0. The van der Waals surface area contributed by atoms with Gasteiger partial charge >= 0.3 is 5.88 Å². The second-order valence-corrected chi connectivity index (χ2v) is 3.67. The Balaban J connectivity index is 2.15. The van der Waals surface area contributed by atoms with Crippen molar-refractivity contribution in [2.24, 2.45) is 0 Å². The number of nitriles is 1. The third-order valence-corrected chi connectivity index (χ3v) is 2.53. The Bertz CT molecular complexity index is 826. The van der Waals surface area contributed by atoms with Gasteiger partial charge in [-0.3, -0.25) is 14.5 Å². The van der Waals surface area contributed by atoms with Crippen molar-refractivity contribution in [1.29, 1.82) is 5.26 Å². The van der Waals surface area contributed by atoms with Crippen LogP contribution in [0.25, 0.3) is 17.2 Å². The van der Waals surface area contributed by atoms with Crippen molar-refractivity contribution in [2.75, 3.05) is 0 Å². The Morgan fingerprint density at radius 3 is 2.89 bits per heavy atom. The third-order valence-electron chi connectivity index (χ3n) is 2.53. The molecule has 0 aliphatic heterocycles. The minimum absolute atomic E-state index is 0.240. The first-order valence-electron chi connectivity index (χ1n) is 5.18. The van der Waals surface area contributed by atoms with E-state index in [-0.39, 0.29) is 11.6 Å². The van der Waals surface area contributed by atoms with Gasteiger partial charge in [-0.2, -0.15) is 5.26 Å². The average Bonchev–Trinajstić information content (AvgIpc) is 3.03. The minimum atomic E-state index is -0.624. The topological polar surface area (TPSA) is 110 Å².